The lowest BCUT2D eigenvalue weighted by atomic mass is 10.2. The minimum Gasteiger partial charge on any atom is -0.295 e. The Kier molecular flexibility index (Phi) is 1.67. The smallest absolute Gasteiger partial charge is 0.137 e. The standard InChI is InChI=1S/C10H13ClN/c1-12(2)6-5-8-3-4-9(11)7-10(8)12/h3-4,7H,5-6H2,1-2H3/q+1. The summed E-state index contributed by atoms with van der Waals surface area (Å²) in [5.41, 5.74) is 2.83. The average molecular weight is 183 g/mol. The van der Waals surface area contributed by atoms with Crippen LogP contribution in [0.1, 0.15) is 5.56 Å². The largest absolute Gasteiger partial charge is 0.295 e. The Balaban J connectivity index is 2.57. The van der Waals surface area contributed by atoms with E-state index in [9.17, 15) is 0 Å². The molecule has 0 fully saturated rings. The van der Waals surface area contributed by atoms with Crippen molar-refractivity contribution in [2.75, 3.05) is 20.6 Å². The van der Waals surface area contributed by atoms with Crippen LogP contribution in [0.3, 0.4) is 0 Å². The normalized spacial score (nSPS) is 19.2. The Morgan fingerprint density at radius 2 is 2.08 bits per heavy atom. The molecule has 64 valence electrons. The van der Waals surface area contributed by atoms with Gasteiger partial charge in [-0.3, -0.25) is 4.48 Å². The second kappa shape index (κ2) is 2.48. The molecule has 0 aliphatic carbocycles. The number of quaternary nitrogens is 1. The maximum atomic E-state index is 5.94. The molecule has 12 heavy (non-hydrogen) atoms. The molecular formula is C10H13ClN+. The molecule has 0 atom stereocenters. The molecule has 0 spiro atoms. The first-order chi connectivity index (χ1) is 5.59. The summed E-state index contributed by atoms with van der Waals surface area (Å²) in [6.07, 6.45) is 1.18. The van der Waals surface area contributed by atoms with Crippen molar-refractivity contribution in [2.45, 2.75) is 6.42 Å². The third-order valence-electron chi connectivity index (χ3n) is 2.64. The quantitative estimate of drug-likeness (QED) is 0.541. The van der Waals surface area contributed by atoms with Crippen molar-refractivity contribution >= 4 is 17.3 Å². The van der Waals surface area contributed by atoms with Crippen LogP contribution in [-0.2, 0) is 6.42 Å². The van der Waals surface area contributed by atoms with Gasteiger partial charge in [-0.05, 0) is 6.07 Å². The van der Waals surface area contributed by atoms with Crippen LogP contribution in [-0.4, -0.2) is 20.6 Å². The fourth-order valence-electron chi connectivity index (χ4n) is 1.83. The Bertz CT molecular complexity index is 318. The molecular weight excluding hydrogens is 170 g/mol. The fraction of sp³-hybridized carbons (Fsp3) is 0.400. The maximum absolute atomic E-state index is 5.94. The average Bonchev–Trinajstić information content (AvgIpc) is 2.28. The van der Waals surface area contributed by atoms with E-state index in [2.05, 4.69) is 26.2 Å². The number of likely N-dealkylation sites (N-methyl/N-ethyl adjacent to an activating group) is 1. The highest BCUT2D eigenvalue weighted by Crippen LogP contribution is 2.33. The van der Waals surface area contributed by atoms with E-state index in [1.807, 2.05) is 6.07 Å². The minimum absolute atomic E-state index is 0.849. The van der Waals surface area contributed by atoms with Gasteiger partial charge in [0.05, 0.1) is 20.6 Å². The van der Waals surface area contributed by atoms with E-state index in [1.165, 1.54) is 24.2 Å². The number of hydrogen-bond donors (Lipinski definition) is 0. The van der Waals surface area contributed by atoms with Crippen molar-refractivity contribution in [2.24, 2.45) is 0 Å². The predicted molar refractivity (Wildman–Crippen MR) is 53.7 cm³/mol. The molecule has 0 amide bonds. The van der Waals surface area contributed by atoms with E-state index in [1.54, 1.807) is 0 Å². The molecule has 0 saturated heterocycles. The highest BCUT2D eigenvalue weighted by molar-refractivity contribution is 6.30. The summed E-state index contributed by atoms with van der Waals surface area (Å²) >= 11 is 5.94. The lowest BCUT2D eigenvalue weighted by Crippen LogP contribution is -2.37. The number of nitrogens with zero attached hydrogens (tertiary/aromatic N) is 1. The third kappa shape index (κ3) is 1.13. The van der Waals surface area contributed by atoms with Gasteiger partial charge in [0.2, 0.25) is 0 Å². The second-order valence-corrected chi connectivity index (χ2v) is 4.37. The van der Waals surface area contributed by atoms with Crippen molar-refractivity contribution in [1.82, 2.24) is 4.48 Å². The Labute approximate surface area is 78.2 Å². The molecule has 1 aromatic rings. The van der Waals surface area contributed by atoms with Crippen LogP contribution < -0.4 is 4.48 Å². The molecule has 0 unspecified atom stereocenters. The summed E-state index contributed by atoms with van der Waals surface area (Å²) in [4.78, 5) is 0. The molecule has 2 heteroatoms. The van der Waals surface area contributed by atoms with Gasteiger partial charge < -0.3 is 0 Å². The lowest BCUT2D eigenvalue weighted by Gasteiger charge is -2.23. The lowest BCUT2D eigenvalue weighted by molar-refractivity contribution is 0.433. The summed E-state index contributed by atoms with van der Waals surface area (Å²) in [5.74, 6) is 0. The molecule has 1 aliphatic heterocycles. The zero-order valence-electron chi connectivity index (χ0n) is 7.47. The molecule has 1 heterocycles. The van der Waals surface area contributed by atoms with Gasteiger partial charge in [-0.2, -0.15) is 0 Å². The zero-order valence-corrected chi connectivity index (χ0v) is 8.23. The molecule has 0 radical (unpaired) electrons. The summed E-state index contributed by atoms with van der Waals surface area (Å²) in [5, 5.41) is 0.849. The van der Waals surface area contributed by atoms with E-state index in [0.717, 1.165) is 9.51 Å². The first kappa shape index (κ1) is 8.09. The van der Waals surface area contributed by atoms with Crippen LogP contribution in [0.2, 0.25) is 5.02 Å². The topological polar surface area (TPSA) is 0 Å². The zero-order chi connectivity index (χ0) is 8.77. The van der Waals surface area contributed by atoms with E-state index in [4.69, 9.17) is 11.6 Å². The predicted octanol–water partition coefficient (Wildman–Crippen LogP) is 2.46. The van der Waals surface area contributed by atoms with Crippen molar-refractivity contribution in [3.8, 4) is 0 Å². The third-order valence-corrected chi connectivity index (χ3v) is 2.87. The maximum Gasteiger partial charge on any atom is 0.137 e. The molecule has 0 bridgehead atoms. The van der Waals surface area contributed by atoms with Gasteiger partial charge in [0.25, 0.3) is 0 Å². The van der Waals surface area contributed by atoms with Crippen LogP contribution in [0.15, 0.2) is 18.2 Å². The van der Waals surface area contributed by atoms with Crippen molar-refractivity contribution in [3.05, 3.63) is 28.8 Å². The number of halogens is 1. The Hall–Kier alpha value is -0.530. The molecule has 1 aromatic carbocycles. The minimum atomic E-state index is 0.849. The van der Waals surface area contributed by atoms with Gasteiger partial charge in [0.15, 0.2) is 0 Å². The number of fused-ring (bicyclic) bond motifs is 1. The Morgan fingerprint density at radius 3 is 2.83 bits per heavy atom. The molecule has 0 saturated carbocycles. The van der Waals surface area contributed by atoms with Gasteiger partial charge in [-0.15, -0.1) is 0 Å². The summed E-state index contributed by atoms with van der Waals surface area (Å²) < 4.78 is 0.968. The van der Waals surface area contributed by atoms with Crippen LogP contribution in [0.25, 0.3) is 0 Å². The first-order valence-electron chi connectivity index (χ1n) is 4.21. The van der Waals surface area contributed by atoms with Crippen LogP contribution in [0.5, 0.6) is 0 Å². The summed E-state index contributed by atoms with van der Waals surface area (Å²) in [6, 6.07) is 6.21. The number of hydrogen-bond acceptors (Lipinski definition) is 0. The van der Waals surface area contributed by atoms with Crippen molar-refractivity contribution < 1.29 is 0 Å². The van der Waals surface area contributed by atoms with Gasteiger partial charge in [0.1, 0.15) is 5.69 Å². The van der Waals surface area contributed by atoms with Gasteiger partial charge in [0, 0.05) is 23.1 Å². The molecule has 0 N–H and O–H groups in total. The van der Waals surface area contributed by atoms with Gasteiger partial charge in [-0.1, -0.05) is 17.7 Å². The van der Waals surface area contributed by atoms with Crippen LogP contribution in [0, 0.1) is 0 Å². The highest BCUT2D eigenvalue weighted by Gasteiger charge is 2.29. The van der Waals surface area contributed by atoms with Gasteiger partial charge in [-0.25, -0.2) is 0 Å². The van der Waals surface area contributed by atoms with E-state index < -0.39 is 0 Å². The van der Waals surface area contributed by atoms with E-state index >= 15 is 0 Å². The second-order valence-electron chi connectivity index (χ2n) is 3.93. The number of rotatable bonds is 0. The monoisotopic (exact) mass is 182 g/mol. The summed E-state index contributed by atoms with van der Waals surface area (Å²) in [6.45, 7) is 1.19. The highest BCUT2D eigenvalue weighted by atomic mass is 35.5. The fourth-order valence-corrected chi connectivity index (χ4v) is 2.00. The SMILES string of the molecule is C[N+]1(C)CCc2ccc(Cl)cc21. The van der Waals surface area contributed by atoms with Crippen LogP contribution >= 0.6 is 11.6 Å². The van der Waals surface area contributed by atoms with E-state index in [-0.39, 0.29) is 0 Å². The molecule has 2 rings (SSSR count). The first-order valence-corrected chi connectivity index (χ1v) is 4.59. The van der Waals surface area contributed by atoms with Crippen LogP contribution in [0.4, 0.5) is 5.69 Å². The van der Waals surface area contributed by atoms with Crippen molar-refractivity contribution in [1.29, 1.82) is 0 Å². The van der Waals surface area contributed by atoms with Crippen molar-refractivity contribution in [3.63, 3.8) is 0 Å². The van der Waals surface area contributed by atoms with E-state index in [0.29, 0.717) is 0 Å². The molecule has 0 aromatic heterocycles. The molecule has 1 nitrogen and oxygen atoms in total. The summed E-state index contributed by atoms with van der Waals surface area (Å²) in [7, 11) is 4.45. The number of benzene rings is 1. The van der Waals surface area contributed by atoms with Gasteiger partial charge >= 0.3 is 0 Å². The Morgan fingerprint density at radius 1 is 1.33 bits per heavy atom. The molecule has 1 aliphatic rings.